The lowest BCUT2D eigenvalue weighted by molar-refractivity contribution is -0.143. The molecule has 0 unspecified atom stereocenters. The summed E-state index contributed by atoms with van der Waals surface area (Å²) in [4.78, 5) is 16.0. The number of alkyl halides is 9. The number of amides is 1. The van der Waals surface area contributed by atoms with Gasteiger partial charge in [0, 0.05) is 32.2 Å². The fourth-order valence-corrected chi connectivity index (χ4v) is 6.08. The zero-order valence-corrected chi connectivity index (χ0v) is 22.6. The first kappa shape index (κ1) is 31.0. The van der Waals surface area contributed by atoms with Crippen molar-refractivity contribution in [2.75, 3.05) is 18.0 Å². The number of aryl methyl sites for hydroxylation is 1. The van der Waals surface area contributed by atoms with Crippen LogP contribution in [0.25, 0.3) is 0 Å². The molecule has 3 nitrogen and oxygen atoms in total. The van der Waals surface area contributed by atoms with Crippen molar-refractivity contribution in [3.05, 3.63) is 63.7 Å². The monoisotopic (exact) mass is 594 g/mol. The van der Waals surface area contributed by atoms with Gasteiger partial charge in [-0.1, -0.05) is 18.9 Å². The third-order valence-corrected chi connectivity index (χ3v) is 8.02. The van der Waals surface area contributed by atoms with Crippen molar-refractivity contribution >= 4 is 11.6 Å². The van der Waals surface area contributed by atoms with Crippen LogP contribution in [0.1, 0.15) is 84.9 Å². The highest BCUT2D eigenvalue weighted by Gasteiger charge is 2.39. The second-order valence-corrected chi connectivity index (χ2v) is 11.0. The summed E-state index contributed by atoms with van der Waals surface area (Å²) in [7, 11) is 0. The lowest BCUT2D eigenvalue weighted by Crippen LogP contribution is -2.33. The normalized spacial score (nSPS) is 18.8. The Labute approximate surface area is 232 Å². The van der Waals surface area contributed by atoms with Gasteiger partial charge in [-0.2, -0.15) is 39.5 Å². The third-order valence-electron chi connectivity index (χ3n) is 8.02. The van der Waals surface area contributed by atoms with Gasteiger partial charge in [-0.25, -0.2) is 0 Å². The Balaban J connectivity index is 1.80. The van der Waals surface area contributed by atoms with Crippen LogP contribution in [0.2, 0.25) is 0 Å². The summed E-state index contributed by atoms with van der Waals surface area (Å²) in [6.45, 7) is 2.81. The smallest absolute Gasteiger partial charge is 0.371 e. The molecule has 1 fully saturated rings. The fraction of sp³-hybridized carbons (Fsp3) is 0.552. The first-order valence-electron chi connectivity index (χ1n) is 13.5. The maximum atomic E-state index is 13.9. The Morgan fingerprint density at radius 1 is 0.829 bits per heavy atom. The molecule has 0 aromatic heterocycles. The highest BCUT2D eigenvalue weighted by Crippen LogP contribution is 2.44. The van der Waals surface area contributed by atoms with Crippen molar-refractivity contribution in [3.8, 4) is 0 Å². The van der Waals surface area contributed by atoms with Crippen LogP contribution >= 0.6 is 0 Å². The summed E-state index contributed by atoms with van der Waals surface area (Å²) in [5.41, 5.74) is -3.57. The SMILES string of the molecule is CC(=O)N(Cc1cc(C(F)(F)F)cc(C(F)(F)F)c1)[C@H]1CCCN(CC2CCCC2)c2cc(C(F)(F)F)c(C)cc21. The highest BCUT2D eigenvalue weighted by molar-refractivity contribution is 5.75. The molecule has 0 N–H and O–H groups in total. The minimum atomic E-state index is -5.06. The highest BCUT2D eigenvalue weighted by atomic mass is 19.4. The third kappa shape index (κ3) is 7.12. The van der Waals surface area contributed by atoms with E-state index in [9.17, 15) is 44.3 Å². The molecule has 1 atom stereocenters. The molecule has 226 valence electrons. The Bertz CT molecular complexity index is 1230. The van der Waals surface area contributed by atoms with E-state index in [2.05, 4.69) is 0 Å². The first-order chi connectivity index (χ1) is 18.9. The molecule has 1 amide bonds. The van der Waals surface area contributed by atoms with Gasteiger partial charge in [0.2, 0.25) is 5.91 Å². The molecule has 4 rings (SSSR count). The van der Waals surface area contributed by atoms with Crippen molar-refractivity contribution in [3.63, 3.8) is 0 Å². The van der Waals surface area contributed by atoms with E-state index in [0.29, 0.717) is 48.8 Å². The molecule has 1 aliphatic heterocycles. The van der Waals surface area contributed by atoms with Crippen LogP contribution in [0.3, 0.4) is 0 Å². The molecule has 1 aliphatic carbocycles. The topological polar surface area (TPSA) is 23.6 Å². The van der Waals surface area contributed by atoms with Crippen LogP contribution in [0.15, 0.2) is 30.3 Å². The van der Waals surface area contributed by atoms with Crippen molar-refractivity contribution in [2.24, 2.45) is 5.92 Å². The summed E-state index contributed by atoms with van der Waals surface area (Å²) in [6, 6.07) is 2.76. The number of anilines is 1. The molecule has 41 heavy (non-hydrogen) atoms. The number of hydrogen-bond acceptors (Lipinski definition) is 2. The van der Waals surface area contributed by atoms with Crippen molar-refractivity contribution in [1.29, 1.82) is 0 Å². The average Bonchev–Trinajstić information content (AvgIpc) is 3.29. The molecule has 0 bridgehead atoms. The van der Waals surface area contributed by atoms with Gasteiger partial charge < -0.3 is 9.80 Å². The number of carbonyl (C=O) groups excluding carboxylic acids is 1. The number of hydrogen-bond donors (Lipinski definition) is 0. The van der Waals surface area contributed by atoms with E-state index >= 15 is 0 Å². The molecule has 2 aliphatic rings. The molecular weight excluding hydrogens is 563 g/mol. The Morgan fingerprint density at radius 2 is 1.41 bits per heavy atom. The van der Waals surface area contributed by atoms with E-state index in [1.165, 1.54) is 17.9 Å². The lowest BCUT2D eigenvalue weighted by atomic mass is 9.94. The molecule has 1 saturated carbocycles. The van der Waals surface area contributed by atoms with Gasteiger partial charge in [-0.15, -0.1) is 0 Å². The van der Waals surface area contributed by atoms with E-state index < -0.39 is 53.7 Å². The number of rotatable bonds is 5. The van der Waals surface area contributed by atoms with Crippen LogP contribution in [-0.2, 0) is 29.9 Å². The van der Waals surface area contributed by atoms with Crippen LogP contribution in [0.5, 0.6) is 0 Å². The van der Waals surface area contributed by atoms with E-state index in [1.54, 1.807) is 0 Å². The zero-order chi connectivity index (χ0) is 30.3. The van der Waals surface area contributed by atoms with Gasteiger partial charge in [0.1, 0.15) is 0 Å². The van der Waals surface area contributed by atoms with Crippen LogP contribution in [0.4, 0.5) is 45.2 Å². The summed E-state index contributed by atoms with van der Waals surface area (Å²) in [5.74, 6) is -0.321. The van der Waals surface area contributed by atoms with Gasteiger partial charge in [0.15, 0.2) is 0 Å². The fourth-order valence-electron chi connectivity index (χ4n) is 6.08. The van der Waals surface area contributed by atoms with Crippen LogP contribution in [-0.4, -0.2) is 23.9 Å². The van der Waals surface area contributed by atoms with E-state index in [1.807, 2.05) is 4.90 Å². The average molecular weight is 595 g/mol. The number of carbonyl (C=O) groups is 1. The summed E-state index contributed by atoms with van der Waals surface area (Å²) < 4.78 is 123. The standard InChI is InChI=1S/C29H31F9N2O/c1-17-10-23-25(8-5-9-39(15-19-6-3-4-7-19)26(23)14-24(17)29(36,37)38)40(18(2)41)16-20-11-21(27(30,31)32)13-22(12-20)28(33,34)35/h10-14,19,25H,3-9,15-16H2,1-2H3/t25-/m0/s1. The van der Waals surface area contributed by atoms with Crippen LogP contribution in [0, 0.1) is 12.8 Å². The summed E-state index contributed by atoms with van der Waals surface area (Å²) in [5, 5.41) is 0. The lowest BCUT2D eigenvalue weighted by Gasteiger charge is -2.34. The quantitative estimate of drug-likeness (QED) is 0.323. The Hall–Kier alpha value is -2.92. The minimum Gasteiger partial charge on any atom is -0.371 e. The predicted molar refractivity (Wildman–Crippen MR) is 135 cm³/mol. The maximum absolute atomic E-state index is 13.9. The molecule has 12 heteroatoms. The summed E-state index contributed by atoms with van der Waals surface area (Å²) >= 11 is 0. The second kappa shape index (κ2) is 11.4. The molecule has 2 aromatic carbocycles. The Kier molecular flexibility index (Phi) is 8.62. The van der Waals surface area contributed by atoms with Gasteiger partial charge in [-0.3, -0.25) is 4.79 Å². The molecule has 0 radical (unpaired) electrons. The van der Waals surface area contributed by atoms with Gasteiger partial charge in [-0.05, 0) is 79.5 Å². The number of benzene rings is 2. The maximum Gasteiger partial charge on any atom is 0.416 e. The van der Waals surface area contributed by atoms with E-state index in [0.717, 1.165) is 38.7 Å². The molecular formula is C29H31F9N2O. The summed E-state index contributed by atoms with van der Waals surface area (Å²) in [6.07, 6.45) is -10.0. The predicted octanol–water partition coefficient (Wildman–Crippen LogP) is 8.93. The molecule has 0 saturated heterocycles. The van der Waals surface area contributed by atoms with E-state index in [-0.39, 0.29) is 23.6 Å². The number of fused-ring (bicyclic) bond motifs is 1. The minimum absolute atomic E-state index is 0.0193. The van der Waals surface area contributed by atoms with Gasteiger partial charge >= 0.3 is 18.5 Å². The Morgan fingerprint density at radius 3 is 1.93 bits per heavy atom. The van der Waals surface area contributed by atoms with Gasteiger partial charge in [0.25, 0.3) is 0 Å². The first-order valence-corrected chi connectivity index (χ1v) is 13.5. The largest absolute Gasteiger partial charge is 0.416 e. The van der Waals surface area contributed by atoms with Crippen molar-refractivity contribution in [2.45, 2.75) is 83.5 Å². The second-order valence-electron chi connectivity index (χ2n) is 11.0. The van der Waals surface area contributed by atoms with E-state index in [4.69, 9.17) is 0 Å². The molecule has 2 aromatic rings. The van der Waals surface area contributed by atoms with Crippen molar-refractivity contribution in [1.82, 2.24) is 4.90 Å². The number of halogens is 9. The van der Waals surface area contributed by atoms with Gasteiger partial charge in [0.05, 0.1) is 22.7 Å². The zero-order valence-electron chi connectivity index (χ0n) is 22.6. The number of nitrogens with zero attached hydrogens (tertiary/aromatic N) is 2. The van der Waals surface area contributed by atoms with Crippen molar-refractivity contribution < 1.29 is 44.3 Å². The molecule has 1 heterocycles. The molecule has 0 spiro atoms. The van der Waals surface area contributed by atoms with Crippen LogP contribution < -0.4 is 4.90 Å².